The molecular formula is C26H22F4. The molecule has 0 aliphatic carbocycles. The van der Waals surface area contributed by atoms with Gasteiger partial charge in [-0.1, -0.05) is 56.5 Å². The maximum absolute atomic E-state index is 14.9. The lowest BCUT2D eigenvalue weighted by Gasteiger charge is -2.11. The van der Waals surface area contributed by atoms with Gasteiger partial charge in [0.2, 0.25) is 0 Å². The third-order valence-electron chi connectivity index (χ3n) is 5.60. The average Bonchev–Trinajstić information content (AvgIpc) is 2.74. The molecule has 0 aromatic heterocycles. The maximum atomic E-state index is 14.9. The highest BCUT2D eigenvalue weighted by Gasteiger charge is 2.15. The summed E-state index contributed by atoms with van der Waals surface area (Å²) in [7, 11) is 0. The van der Waals surface area contributed by atoms with Gasteiger partial charge in [-0.05, 0) is 69.8 Å². The number of hydrogen-bond acceptors (Lipinski definition) is 0. The summed E-state index contributed by atoms with van der Waals surface area (Å²) in [6, 6.07) is 14.6. The lowest BCUT2D eigenvalue weighted by atomic mass is 9.95. The monoisotopic (exact) mass is 410 g/mol. The van der Waals surface area contributed by atoms with E-state index in [9.17, 15) is 17.6 Å². The normalized spacial score (nSPS) is 11.5. The molecule has 0 nitrogen and oxygen atoms in total. The van der Waals surface area contributed by atoms with Crippen LogP contribution >= 0.6 is 0 Å². The topological polar surface area (TPSA) is 0 Å². The maximum Gasteiger partial charge on any atom is 0.194 e. The molecule has 0 saturated carbocycles. The van der Waals surface area contributed by atoms with Crippen LogP contribution < -0.4 is 0 Å². The first-order valence-electron chi connectivity index (χ1n) is 10.3. The van der Waals surface area contributed by atoms with E-state index in [1.165, 1.54) is 30.9 Å². The van der Waals surface area contributed by atoms with E-state index in [1.807, 2.05) is 18.2 Å². The van der Waals surface area contributed by atoms with Crippen LogP contribution in [0.25, 0.3) is 32.7 Å². The Morgan fingerprint density at radius 3 is 2.03 bits per heavy atom. The summed E-state index contributed by atoms with van der Waals surface area (Å²) in [5, 5.41) is 3.43. The minimum absolute atomic E-state index is 0.0340. The van der Waals surface area contributed by atoms with Crippen molar-refractivity contribution in [2.45, 2.75) is 39.0 Å². The summed E-state index contributed by atoms with van der Waals surface area (Å²) in [4.78, 5) is 0. The van der Waals surface area contributed by atoms with E-state index in [2.05, 4.69) is 19.1 Å². The smallest absolute Gasteiger partial charge is 0.194 e. The summed E-state index contributed by atoms with van der Waals surface area (Å²) in [5.41, 5.74) is 1.26. The summed E-state index contributed by atoms with van der Waals surface area (Å²) >= 11 is 0. The fraction of sp³-hybridized carbons (Fsp3) is 0.231. The van der Waals surface area contributed by atoms with Crippen LogP contribution in [0, 0.1) is 23.3 Å². The number of fused-ring (bicyclic) bond motifs is 3. The molecule has 0 saturated heterocycles. The van der Waals surface area contributed by atoms with Crippen LogP contribution in [0.2, 0.25) is 0 Å². The highest BCUT2D eigenvalue weighted by molar-refractivity contribution is 6.08. The molecule has 4 aromatic rings. The third kappa shape index (κ3) is 3.91. The van der Waals surface area contributed by atoms with Crippen LogP contribution in [0.1, 0.15) is 38.2 Å². The molecule has 0 radical (unpaired) electrons. The standard InChI is InChI=1S/C26H22F4/c1-2-3-4-5-6-16-7-10-20-17(11-16)8-9-18-12-22(23(27)15-21(18)20)19-13-24(28)26(30)25(29)14-19/h7-15H,2-6H2,1H3. The summed E-state index contributed by atoms with van der Waals surface area (Å²) < 4.78 is 55.4. The Balaban J connectivity index is 1.74. The highest BCUT2D eigenvalue weighted by Crippen LogP contribution is 2.33. The molecule has 154 valence electrons. The van der Waals surface area contributed by atoms with Crippen LogP contribution in [0.4, 0.5) is 17.6 Å². The summed E-state index contributed by atoms with van der Waals surface area (Å²) in [6.45, 7) is 2.19. The molecule has 0 bridgehead atoms. The van der Waals surface area contributed by atoms with Gasteiger partial charge in [0.15, 0.2) is 17.5 Å². The Morgan fingerprint density at radius 1 is 0.633 bits per heavy atom. The number of unbranched alkanes of at least 4 members (excludes halogenated alkanes) is 3. The van der Waals surface area contributed by atoms with Crippen molar-refractivity contribution in [3.05, 3.63) is 83.4 Å². The van der Waals surface area contributed by atoms with Crippen LogP contribution in [0.15, 0.2) is 54.6 Å². The van der Waals surface area contributed by atoms with Crippen molar-refractivity contribution in [3.8, 4) is 11.1 Å². The van der Waals surface area contributed by atoms with Gasteiger partial charge in [-0.15, -0.1) is 0 Å². The Labute approximate surface area is 173 Å². The van der Waals surface area contributed by atoms with E-state index >= 15 is 0 Å². The van der Waals surface area contributed by atoms with Gasteiger partial charge in [0.25, 0.3) is 0 Å². The van der Waals surface area contributed by atoms with E-state index in [0.717, 1.165) is 46.5 Å². The number of hydrogen-bond donors (Lipinski definition) is 0. The fourth-order valence-electron chi connectivity index (χ4n) is 3.98. The zero-order valence-corrected chi connectivity index (χ0v) is 16.7. The van der Waals surface area contributed by atoms with Crippen LogP contribution in [0.5, 0.6) is 0 Å². The van der Waals surface area contributed by atoms with Crippen molar-refractivity contribution in [1.29, 1.82) is 0 Å². The van der Waals surface area contributed by atoms with E-state index in [1.54, 1.807) is 6.07 Å². The minimum Gasteiger partial charge on any atom is -0.206 e. The van der Waals surface area contributed by atoms with Gasteiger partial charge in [0.05, 0.1) is 0 Å². The summed E-state index contributed by atoms with van der Waals surface area (Å²) in [5.74, 6) is -4.84. The Kier molecular flexibility index (Phi) is 5.76. The van der Waals surface area contributed by atoms with Gasteiger partial charge in [0, 0.05) is 5.56 Å². The van der Waals surface area contributed by atoms with Crippen molar-refractivity contribution >= 4 is 21.5 Å². The first-order chi connectivity index (χ1) is 14.5. The zero-order valence-electron chi connectivity index (χ0n) is 16.7. The second-order valence-electron chi connectivity index (χ2n) is 7.74. The van der Waals surface area contributed by atoms with Crippen molar-refractivity contribution < 1.29 is 17.6 Å². The molecule has 4 aromatic carbocycles. The van der Waals surface area contributed by atoms with Gasteiger partial charge in [-0.2, -0.15) is 0 Å². The molecule has 4 rings (SSSR count). The molecule has 0 fully saturated rings. The molecule has 0 aliphatic heterocycles. The van der Waals surface area contributed by atoms with Crippen molar-refractivity contribution in [2.75, 3.05) is 0 Å². The van der Waals surface area contributed by atoms with E-state index in [0.29, 0.717) is 0 Å². The van der Waals surface area contributed by atoms with Gasteiger partial charge < -0.3 is 0 Å². The molecule has 0 heterocycles. The van der Waals surface area contributed by atoms with Crippen LogP contribution in [0.3, 0.4) is 0 Å². The van der Waals surface area contributed by atoms with Crippen molar-refractivity contribution in [3.63, 3.8) is 0 Å². The molecule has 0 atom stereocenters. The highest BCUT2D eigenvalue weighted by atomic mass is 19.2. The molecule has 30 heavy (non-hydrogen) atoms. The van der Waals surface area contributed by atoms with Gasteiger partial charge in [-0.25, -0.2) is 17.6 Å². The lowest BCUT2D eigenvalue weighted by Crippen LogP contribution is -1.94. The minimum atomic E-state index is -1.56. The third-order valence-corrected chi connectivity index (χ3v) is 5.60. The number of halogens is 4. The molecule has 0 N–H and O–H groups in total. The largest absolute Gasteiger partial charge is 0.206 e. The average molecular weight is 410 g/mol. The van der Waals surface area contributed by atoms with E-state index in [-0.39, 0.29) is 11.1 Å². The van der Waals surface area contributed by atoms with Gasteiger partial charge in [-0.3, -0.25) is 0 Å². The lowest BCUT2D eigenvalue weighted by molar-refractivity contribution is 0.447. The molecule has 4 heteroatoms. The Bertz CT molecular complexity index is 1200. The SMILES string of the molecule is CCCCCCc1ccc2c(ccc3cc(-c4cc(F)c(F)c(F)c4)c(F)cc32)c1. The van der Waals surface area contributed by atoms with Crippen molar-refractivity contribution in [1.82, 2.24) is 0 Å². The van der Waals surface area contributed by atoms with Gasteiger partial charge in [0.1, 0.15) is 5.82 Å². The van der Waals surface area contributed by atoms with Gasteiger partial charge >= 0.3 is 0 Å². The first kappa shape index (κ1) is 20.4. The second kappa shape index (κ2) is 8.47. The number of rotatable bonds is 6. The molecule has 0 spiro atoms. The van der Waals surface area contributed by atoms with Crippen LogP contribution in [-0.4, -0.2) is 0 Å². The quantitative estimate of drug-likeness (QED) is 0.130. The molecular weight excluding hydrogens is 388 g/mol. The molecule has 0 amide bonds. The Morgan fingerprint density at radius 2 is 1.33 bits per heavy atom. The Hall–Kier alpha value is -2.88. The van der Waals surface area contributed by atoms with Crippen LogP contribution in [-0.2, 0) is 6.42 Å². The van der Waals surface area contributed by atoms with Crippen molar-refractivity contribution in [2.24, 2.45) is 0 Å². The first-order valence-corrected chi connectivity index (χ1v) is 10.3. The molecule has 0 aliphatic rings. The van der Waals surface area contributed by atoms with E-state index in [4.69, 9.17) is 0 Å². The summed E-state index contributed by atoms with van der Waals surface area (Å²) in [6.07, 6.45) is 5.82. The fourth-order valence-corrected chi connectivity index (χ4v) is 3.98. The number of benzene rings is 4. The zero-order chi connectivity index (χ0) is 21.3. The molecule has 0 unspecified atom stereocenters. The second-order valence-corrected chi connectivity index (χ2v) is 7.74. The predicted octanol–water partition coefficient (Wildman–Crippen LogP) is 8.34. The van der Waals surface area contributed by atoms with E-state index < -0.39 is 23.3 Å². The number of aryl methyl sites for hydroxylation is 1. The predicted molar refractivity (Wildman–Crippen MR) is 115 cm³/mol.